The molecule has 2 atom stereocenters. The van der Waals surface area contributed by atoms with Crippen molar-refractivity contribution in [2.75, 3.05) is 13.2 Å². The molecule has 8 heteroatoms. The van der Waals surface area contributed by atoms with Crippen LogP contribution in [-0.4, -0.2) is 25.5 Å². The maximum Gasteiger partial charge on any atom is 0.343 e. The van der Waals surface area contributed by atoms with Gasteiger partial charge < -0.3 is 14.2 Å². The Hall–Kier alpha value is -3.39. The van der Waals surface area contributed by atoms with E-state index < -0.39 is 41.1 Å². The molecule has 184 valence electrons. The van der Waals surface area contributed by atoms with Gasteiger partial charge in [-0.3, -0.25) is 0 Å². The number of carbonyl (C=O) groups excluding carboxylic acids is 1. The van der Waals surface area contributed by atoms with E-state index in [9.17, 15) is 22.4 Å². The molecule has 1 saturated heterocycles. The molecule has 3 aromatic rings. The molecule has 4 rings (SSSR count). The Morgan fingerprint density at radius 1 is 0.857 bits per heavy atom. The van der Waals surface area contributed by atoms with Crippen LogP contribution in [0, 0.1) is 29.2 Å². The van der Waals surface area contributed by atoms with E-state index >= 15 is 0 Å². The van der Waals surface area contributed by atoms with Gasteiger partial charge in [0.1, 0.15) is 0 Å². The highest BCUT2D eigenvalue weighted by Crippen LogP contribution is 2.33. The molecule has 1 fully saturated rings. The van der Waals surface area contributed by atoms with E-state index in [0.717, 1.165) is 12.5 Å². The van der Waals surface area contributed by atoms with Gasteiger partial charge in [-0.05, 0) is 48.6 Å². The Bertz CT molecular complexity index is 1220. The summed E-state index contributed by atoms with van der Waals surface area (Å²) in [7, 11) is 0. The minimum Gasteiger partial charge on any atom is -0.491 e. The van der Waals surface area contributed by atoms with Crippen molar-refractivity contribution in [2.45, 2.75) is 33.0 Å². The van der Waals surface area contributed by atoms with Crippen molar-refractivity contribution < 1.29 is 36.6 Å². The fraction of sp³-hybridized carbons (Fsp3) is 0.296. The first-order valence-electron chi connectivity index (χ1n) is 11.3. The summed E-state index contributed by atoms with van der Waals surface area (Å²) in [6.45, 7) is 4.28. The van der Waals surface area contributed by atoms with Crippen LogP contribution < -0.4 is 4.74 Å². The Labute approximate surface area is 200 Å². The van der Waals surface area contributed by atoms with Gasteiger partial charge in [0.25, 0.3) is 0 Å². The summed E-state index contributed by atoms with van der Waals surface area (Å²) >= 11 is 0. The predicted molar refractivity (Wildman–Crippen MR) is 122 cm³/mol. The van der Waals surface area contributed by atoms with Gasteiger partial charge in [0.15, 0.2) is 23.2 Å². The third kappa shape index (κ3) is 5.17. The molecule has 1 aliphatic rings. The molecule has 0 saturated carbocycles. The van der Waals surface area contributed by atoms with Crippen LogP contribution in [0.2, 0.25) is 0 Å². The quantitative estimate of drug-likeness (QED) is 0.280. The van der Waals surface area contributed by atoms with E-state index in [-0.39, 0.29) is 23.5 Å². The second-order valence-electron chi connectivity index (χ2n) is 8.39. The summed E-state index contributed by atoms with van der Waals surface area (Å²) in [4.78, 5) is 12.4. The van der Waals surface area contributed by atoms with Crippen molar-refractivity contribution in [3.8, 4) is 28.0 Å². The van der Waals surface area contributed by atoms with Crippen molar-refractivity contribution >= 4 is 5.97 Å². The number of rotatable bonds is 6. The molecule has 0 bridgehead atoms. The van der Waals surface area contributed by atoms with Crippen LogP contribution in [0.5, 0.6) is 5.75 Å². The van der Waals surface area contributed by atoms with Crippen LogP contribution in [0.25, 0.3) is 22.3 Å². The Morgan fingerprint density at radius 2 is 1.46 bits per heavy atom. The average molecular weight is 488 g/mol. The molecule has 0 spiro atoms. The smallest absolute Gasteiger partial charge is 0.343 e. The maximum absolute atomic E-state index is 14.9. The number of esters is 1. The summed E-state index contributed by atoms with van der Waals surface area (Å²) in [6, 6.07) is 11.0. The molecule has 0 radical (unpaired) electrons. The van der Waals surface area contributed by atoms with Crippen molar-refractivity contribution in [1.29, 1.82) is 0 Å². The number of halogens is 4. The molecule has 35 heavy (non-hydrogen) atoms. The van der Waals surface area contributed by atoms with Crippen molar-refractivity contribution in [3.63, 3.8) is 0 Å². The van der Waals surface area contributed by atoms with E-state index in [1.165, 1.54) is 42.5 Å². The summed E-state index contributed by atoms with van der Waals surface area (Å²) in [6.07, 6.45) is 0.498. The molecule has 0 aliphatic carbocycles. The topological polar surface area (TPSA) is 44.8 Å². The zero-order valence-electron chi connectivity index (χ0n) is 19.2. The van der Waals surface area contributed by atoms with Crippen LogP contribution in [0.1, 0.15) is 37.0 Å². The lowest BCUT2D eigenvalue weighted by Gasteiger charge is -2.26. The lowest BCUT2D eigenvalue weighted by molar-refractivity contribution is -0.143. The summed E-state index contributed by atoms with van der Waals surface area (Å²) < 4.78 is 73.9. The van der Waals surface area contributed by atoms with E-state index in [4.69, 9.17) is 14.2 Å². The largest absolute Gasteiger partial charge is 0.491 e. The molecule has 1 aliphatic heterocycles. The highest BCUT2D eigenvalue weighted by atomic mass is 19.2. The molecule has 0 amide bonds. The minimum absolute atomic E-state index is 0.00146. The lowest BCUT2D eigenvalue weighted by Crippen LogP contribution is -2.29. The number of benzene rings is 3. The normalized spacial score (nSPS) is 17.8. The number of hydrogen-bond acceptors (Lipinski definition) is 4. The zero-order chi connectivity index (χ0) is 25.1. The first-order valence-corrected chi connectivity index (χ1v) is 11.3. The van der Waals surface area contributed by atoms with E-state index in [1.54, 1.807) is 6.92 Å². The van der Waals surface area contributed by atoms with E-state index in [1.807, 2.05) is 6.92 Å². The third-order valence-corrected chi connectivity index (χ3v) is 5.86. The molecule has 2 unspecified atom stereocenters. The van der Waals surface area contributed by atoms with Crippen LogP contribution in [0.15, 0.2) is 48.5 Å². The highest BCUT2D eigenvalue weighted by molar-refractivity contribution is 5.90. The Balaban J connectivity index is 1.54. The third-order valence-electron chi connectivity index (χ3n) is 5.86. The predicted octanol–water partition coefficient (Wildman–Crippen LogP) is 6.91. The molecule has 0 N–H and O–H groups in total. The van der Waals surface area contributed by atoms with Crippen molar-refractivity contribution in [3.05, 3.63) is 77.4 Å². The number of hydrogen-bond donors (Lipinski definition) is 0. The van der Waals surface area contributed by atoms with Crippen LogP contribution in [0.4, 0.5) is 17.6 Å². The Kier molecular flexibility index (Phi) is 7.40. The molecule has 0 aromatic heterocycles. The lowest BCUT2D eigenvalue weighted by atomic mass is 9.98. The van der Waals surface area contributed by atoms with Crippen LogP contribution in [0.3, 0.4) is 0 Å². The highest BCUT2D eigenvalue weighted by Gasteiger charge is 2.26. The standard InChI is InChI=1S/C27H24F4O4/c1-3-33-21-12-11-19(24(29)26(21)31)17-7-5-16(6-8-17)18-9-10-20(25(30)23(18)28)27(32)35-22-13-4-15(2)14-34-22/h5-12,15,22H,3-4,13-14H2,1-2H3. The van der Waals surface area contributed by atoms with Gasteiger partial charge in [0.2, 0.25) is 12.1 Å². The van der Waals surface area contributed by atoms with Crippen LogP contribution in [-0.2, 0) is 9.47 Å². The molecular formula is C27H24F4O4. The summed E-state index contributed by atoms with van der Waals surface area (Å²) in [5.41, 5.74) is 0.0165. The van der Waals surface area contributed by atoms with Gasteiger partial charge in [-0.15, -0.1) is 0 Å². The molecule has 3 aromatic carbocycles. The Morgan fingerprint density at radius 3 is 2.03 bits per heavy atom. The number of carbonyl (C=O) groups is 1. The van der Waals surface area contributed by atoms with E-state index in [0.29, 0.717) is 30.1 Å². The number of ether oxygens (including phenoxy) is 3. The maximum atomic E-state index is 14.9. The molecular weight excluding hydrogens is 464 g/mol. The molecule has 4 nitrogen and oxygen atoms in total. The first-order chi connectivity index (χ1) is 16.8. The SMILES string of the molecule is CCOc1ccc(-c2ccc(-c3ccc(C(=O)OC4CCC(C)CO4)c(F)c3F)cc2)c(F)c1F. The van der Waals surface area contributed by atoms with Gasteiger partial charge in [0.05, 0.1) is 18.8 Å². The van der Waals surface area contributed by atoms with Gasteiger partial charge in [-0.2, -0.15) is 4.39 Å². The van der Waals surface area contributed by atoms with Crippen molar-refractivity contribution in [2.24, 2.45) is 5.92 Å². The van der Waals surface area contributed by atoms with Crippen molar-refractivity contribution in [1.82, 2.24) is 0 Å². The zero-order valence-corrected chi connectivity index (χ0v) is 19.2. The van der Waals surface area contributed by atoms with Crippen LogP contribution >= 0.6 is 0 Å². The second kappa shape index (κ2) is 10.5. The first kappa shape index (κ1) is 24.7. The molecule has 1 heterocycles. The van der Waals surface area contributed by atoms with E-state index in [2.05, 4.69) is 0 Å². The minimum atomic E-state index is -1.33. The monoisotopic (exact) mass is 488 g/mol. The van der Waals surface area contributed by atoms with Gasteiger partial charge >= 0.3 is 5.97 Å². The summed E-state index contributed by atoms with van der Waals surface area (Å²) in [5.74, 6) is -5.57. The van der Waals surface area contributed by atoms with Gasteiger partial charge in [0, 0.05) is 17.5 Å². The second-order valence-corrected chi connectivity index (χ2v) is 8.39. The average Bonchev–Trinajstić information content (AvgIpc) is 2.85. The van der Waals surface area contributed by atoms with Gasteiger partial charge in [-0.25, -0.2) is 18.0 Å². The summed E-state index contributed by atoms with van der Waals surface area (Å²) in [5, 5.41) is 0. The fourth-order valence-electron chi connectivity index (χ4n) is 3.92. The van der Waals surface area contributed by atoms with Gasteiger partial charge in [-0.1, -0.05) is 37.3 Å². The fourth-order valence-corrected chi connectivity index (χ4v) is 3.92.